The van der Waals surface area contributed by atoms with Gasteiger partial charge >= 0.3 is 0 Å². The number of hydrogen-bond donors (Lipinski definition) is 1. The summed E-state index contributed by atoms with van der Waals surface area (Å²) >= 11 is 5.87. The van der Waals surface area contributed by atoms with Crippen LogP contribution in [0.1, 0.15) is 12.0 Å². The minimum absolute atomic E-state index is 0.702. The van der Waals surface area contributed by atoms with Gasteiger partial charge in [-0.2, -0.15) is 0 Å². The molecule has 4 heteroatoms. The Balaban J connectivity index is 1.68. The van der Waals surface area contributed by atoms with Crippen LogP contribution in [0.5, 0.6) is 11.5 Å². The van der Waals surface area contributed by atoms with E-state index in [-0.39, 0.29) is 0 Å². The van der Waals surface area contributed by atoms with Crippen LogP contribution in [0.15, 0.2) is 42.5 Å². The number of ether oxygens (including phenoxy) is 2. The van der Waals surface area contributed by atoms with Crippen LogP contribution < -0.4 is 14.8 Å². The number of benzene rings is 2. The van der Waals surface area contributed by atoms with Gasteiger partial charge in [0, 0.05) is 29.7 Å². The third-order valence-corrected chi connectivity index (χ3v) is 3.41. The van der Waals surface area contributed by atoms with Crippen molar-refractivity contribution >= 4 is 17.3 Å². The molecule has 1 heterocycles. The van der Waals surface area contributed by atoms with Gasteiger partial charge < -0.3 is 14.8 Å². The van der Waals surface area contributed by atoms with Crippen molar-refractivity contribution in [1.82, 2.24) is 0 Å². The molecule has 2 aromatic rings. The second-order valence-electron chi connectivity index (χ2n) is 4.69. The summed E-state index contributed by atoms with van der Waals surface area (Å²) in [6.45, 7) is 2.16. The molecular formula is C16H16ClNO2. The monoisotopic (exact) mass is 289 g/mol. The van der Waals surface area contributed by atoms with E-state index in [1.807, 2.05) is 42.5 Å². The molecule has 20 heavy (non-hydrogen) atoms. The van der Waals surface area contributed by atoms with Crippen molar-refractivity contribution in [3.8, 4) is 11.5 Å². The smallest absolute Gasteiger partial charge is 0.163 e. The fourth-order valence-corrected chi connectivity index (χ4v) is 2.21. The summed E-state index contributed by atoms with van der Waals surface area (Å²) < 4.78 is 11.3. The average molecular weight is 290 g/mol. The maximum Gasteiger partial charge on any atom is 0.163 e. The molecule has 0 saturated heterocycles. The highest BCUT2D eigenvalue weighted by Gasteiger charge is 2.10. The summed E-state index contributed by atoms with van der Waals surface area (Å²) in [5.74, 6) is 1.63. The highest BCUT2D eigenvalue weighted by atomic mass is 35.5. The fourth-order valence-electron chi connectivity index (χ4n) is 2.08. The van der Waals surface area contributed by atoms with Gasteiger partial charge in [0.15, 0.2) is 11.5 Å². The average Bonchev–Trinajstić information content (AvgIpc) is 2.71. The van der Waals surface area contributed by atoms with Gasteiger partial charge in [-0.05, 0) is 29.8 Å². The molecule has 0 atom stereocenters. The molecule has 0 amide bonds. The molecule has 1 aliphatic rings. The Bertz CT molecular complexity index is 584. The molecule has 3 nitrogen and oxygen atoms in total. The summed E-state index contributed by atoms with van der Waals surface area (Å²) in [5, 5.41) is 4.13. The van der Waals surface area contributed by atoms with Crippen LogP contribution in [-0.2, 0) is 6.54 Å². The lowest BCUT2D eigenvalue weighted by molar-refractivity contribution is 0.297. The van der Waals surface area contributed by atoms with E-state index in [0.29, 0.717) is 13.2 Å². The number of halogens is 1. The van der Waals surface area contributed by atoms with E-state index in [2.05, 4.69) is 5.32 Å². The lowest BCUT2D eigenvalue weighted by Gasteiger charge is -2.11. The largest absolute Gasteiger partial charge is 0.490 e. The molecule has 0 unspecified atom stereocenters. The molecule has 2 aromatic carbocycles. The van der Waals surface area contributed by atoms with Crippen LogP contribution in [0.4, 0.5) is 5.69 Å². The van der Waals surface area contributed by atoms with Crippen molar-refractivity contribution in [2.75, 3.05) is 18.5 Å². The first kappa shape index (κ1) is 13.1. The zero-order chi connectivity index (χ0) is 13.8. The molecule has 0 bridgehead atoms. The first-order chi connectivity index (χ1) is 9.81. The third-order valence-electron chi connectivity index (χ3n) is 3.16. The first-order valence-electron chi connectivity index (χ1n) is 6.69. The van der Waals surface area contributed by atoms with Gasteiger partial charge in [0.1, 0.15) is 0 Å². The van der Waals surface area contributed by atoms with Crippen LogP contribution in [-0.4, -0.2) is 13.2 Å². The SMILES string of the molecule is Clc1ccc(CNc2ccc3c(c2)OCCCO3)cc1. The van der Waals surface area contributed by atoms with Crippen molar-refractivity contribution in [3.63, 3.8) is 0 Å². The number of hydrogen-bond acceptors (Lipinski definition) is 3. The van der Waals surface area contributed by atoms with Gasteiger partial charge in [-0.3, -0.25) is 0 Å². The molecule has 104 valence electrons. The van der Waals surface area contributed by atoms with E-state index in [1.54, 1.807) is 0 Å². The molecule has 1 N–H and O–H groups in total. The molecule has 3 rings (SSSR count). The van der Waals surface area contributed by atoms with Gasteiger partial charge in [-0.1, -0.05) is 23.7 Å². The van der Waals surface area contributed by atoms with Crippen molar-refractivity contribution in [2.45, 2.75) is 13.0 Å². The third kappa shape index (κ3) is 3.17. The Kier molecular flexibility index (Phi) is 3.97. The Hall–Kier alpha value is -1.87. The van der Waals surface area contributed by atoms with Crippen LogP contribution in [0.3, 0.4) is 0 Å². The lowest BCUT2D eigenvalue weighted by Crippen LogP contribution is -2.00. The maximum absolute atomic E-state index is 5.87. The second-order valence-corrected chi connectivity index (χ2v) is 5.13. The highest BCUT2D eigenvalue weighted by molar-refractivity contribution is 6.30. The van der Waals surface area contributed by atoms with E-state index in [1.165, 1.54) is 5.56 Å². The topological polar surface area (TPSA) is 30.5 Å². The Labute approximate surface area is 123 Å². The molecule has 0 aliphatic carbocycles. The van der Waals surface area contributed by atoms with Gasteiger partial charge in [0.05, 0.1) is 13.2 Å². The molecule has 0 radical (unpaired) electrons. The minimum atomic E-state index is 0.702. The van der Waals surface area contributed by atoms with E-state index >= 15 is 0 Å². The van der Waals surface area contributed by atoms with Crippen molar-refractivity contribution in [1.29, 1.82) is 0 Å². The van der Waals surface area contributed by atoms with Crippen LogP contribution in [0, 0.1) is 0 Å². The summed E-state index contributed by atoms with van der Waals surface area (Å²) in [5.41, 5.74) is 2.20. The quantitative estimate of drug-likeness (QED) is 0.922. The Morgan fingerprint density at radius 1 is 0.950 bits per heavy atom. The normalized spacial score (nSPS) is 13.7. The zero-order valence-electron chi connectivity index (χ0n) is 11.1. The summed E-state index contributed by atoms with van der Waals surface area (Å²) in [4.78, 5) is 0. The van der Waals surface area contributed by atoms with Gasteiger partial charge in [0.25, 0.3) is 0 Å². The van der Waals surface area contributed by atoms with Gasteiger partial charge in [-0.25, -0.2) is 0 Å². The standard InChI is InChI=1S/C16H16ClNO2/c17-13-4-2-12(3-5-13)11-18-14-6-7-15-16(10-14)20-9-1-8-19-15/h2-7,10,18H,1,8-9,11H2. The van der Waals surface area contributed by atoms with Crippen LogP contribution in [0.25, 0.3) is 0 Å². The summed E-state index contributed by atoms with van der Waals surface area (Å²) in [6, 6.07) is 13.8. The van der Waals surface area contributed by atoms with Gasteiger partial charge in [-0.15, -0.1) is 0 Å². The minimum Gasteiger partial charge on any atom is -0.490 e. The summed E-state index contributed by atoms with van der Waals surface area (Å²) in [6.07, 6.45) is 0.919. The second kappa shape index (κ2) is 6.06. The fraction of sp³-hybridized carbons (Fsp3) is 0.250. The zero-order valence-corrected chi connectivity index (χ0v) is 11.8. The number of nitrogens with one attached hydrogen (secondary N) is 1. The van der Waals surface area contributed by atoms with E-state index in [9.17, 15) is 0 Å². The molecule has 0 saturated carbocycles. The predicted molar refractivity (Wildman–Crippen MR) is 80.8 cm³/mol. The first-order valence-corrected chi connectivity index (χ1v) is 7.07. The van der Waals surface area contributed by atoms with Crippen molar-refractivity contribution in [2.24, 2.45) is 0 Å². The van der Waals surface area contributed by atoms with Gasteiger partial charge in [0.2, 0.25) is 0 Å². The summed E-state index contributed by atoms with van der Waals surface area (Å²) in [7, 11) is 0. The molecule has 1 aliphatic heterocycles. The van der Waals surface area contributed by atoms with Crippen molar-refractivity contribution < 1.29 is 9.47 Å². The molecule has 0 fully saturated rings. The highest BCUT2D eigenvalue weighted by Crippen LogP contribution is 2.32. The molecule has 0 spiro atoms. The Morgan fingerprint density at radius 2 is 1.70 bits per heavy atom. The van der Waals surface area contributed by atoms with E-state index in [0.717, 1.165) is 35.2 Å². The van der Waals surface area contributed by atoms with Crippen LogP contribution >= 0.6 is 11.6 Å². The number of fused-ring (bicyclic) bond motifs is 1. The van der Waals surface area contributed by atoms with E-state index < -0.39 is 0 Å². The predicted octanol–water partition coefficient (Wildman–Crippen LogP) is 4.11. The Morgan fingerprint density at radius 3 is 2.50 bits per heavy atom. The van der Waals surface area contributed by atoms with Crippen molar-refractivity contribution in [3.05, 3.63) is 53.1 Å². The maximum atomic E-state index is 5.87. The molecular weight excluding hydrogens is 274 g/mol. The van der Waals surface area contributed by atoms with Crippen LogP contribution in [0.2, 0.25) is 5.02 Å². The number of anilines is 1. The molecule has 0 aromatic heterocycles. The number of rotatable bonds is 3. The lowest BCUT2D eigenvalue weighted by atomic mass is 10.2. The van der Waals surface area contributed by atoms with E-state index in [4.69, 9.17) is 21.1 Å².